The Kier molecular flexibility index (Phi) is 6.09. The molecule has 136 valence electrons. The highest BCUT2D eigenvalue weighted by Crippen LogP contribution is 2.23. The fourth-order valence-electron chi connectivity index (χ4n) is 2.45. The normalized spacial score (nSPS) is 11.4. The van der Waals surface area contributed by atoms with E-state index >= 15 is 0 Å². The number of amides is 1. The summed E-state index contributed by atoms with van der Waals surface area (Å²) in [4.78, 5) is 19.6. The Hall–Kier alpha value is -2.47. The summed E-state index contributed by atoms with van der Waals surface area (Å²) >= 11 is 0. The molecule has 0 unspecified atom stereocenters. The number of rotatable bonds is 7. The summed E-state index contributed by atoms with van der Waals surface area (Å²) in [6.45, 7) is 10.2. The smallest absolute Gasteiger partial charge is 0.410 e. The standard InChI is InChI=1S/C19H26N2O4/c1-6-11-20(18(22)25-19(2,3)4)12-15-13-21(24-14-23-5)17-10-8-7-9-16(15)17/h6-10,13H,1,11-12,14H2,2-5H3. The average Bonchev–Trinajstić information content (AvgIpc) is 2.89. The summed E-state index contributed by atoms with van der Waals surface area (Å²) in [6.07, 6.45) is 3.18. The second-order valence-corrected chi connectivity index (χ2v) is 6.68. The number of hydrogen-bond donors (Lipinski definition) is 0. The first-order valence-corrected chi connectivity index (χ1v) is 8.15. The first-order valence-electron chi connectivity index (χ1n) is 8.15. The maximum Gasteiger partial charge on any atom is 0.410 e. The molecule has 6 heteroatoms. The van der Waals surface area contributed by atoms with Crippen molar-refractivity contribution in [2.24, 2.45) is 0 Å². The van der Waals surface area contributed by atoms with Crippen molar-refractivity contribution in [2.45, 2.75) is 32.9 Å². The molecule has 0 saturated carbocycles. The maximum atomic E-state index is 12.5. The Morgan fingerprint density at radius 3 is 2.68 bits per heavy atom. The monoisotopic (exact) mass is 346 g/mol. The predicted molar refractivity (Wildman–Crippen MR) is 97.2 cm³/mol. The third kappa shape index (κ3) is 5.00. The number of benzene rings is 1. The van der Waals surface area contributed by atoms with E-state index < -0.39 is 5.60 Å². The van der Waals surface area contributed by atoms with Crippen LogP contribution in [0.5, 0.6) is 0 Å². The first kappa shape index (κ1) is 18.9. The second kappa shape index (κ2) is 8.07. The van der Waals surface area contributed by atoms with Gasteiger partial charge in [0.2, 0.25) is 6.79 Å². The molecule has 0 aliphatic rings. The van der Waals surface area contributed by atoms with E-state index in [2.05, 4.69) is 6.58 Å². The lowest BCUT2D eigenvalue weighted by molar-refractivity contribution is -0.0335. The van der Waals surface area contributed by atoms with Gasteiger partial charge >= 0.3 is 6.09 Å². The molecule has 0 fully saturated rings. The maximum absolute atomic E-state index is 12.5. The van der Waals surface area contributed by atoms with Gasteiger partial charge in [-0.15, -0.1) is 6.58 Å². The zero-order valence-electron chi connectivity index (χ0n) is 15.3. The van der Waals surface area contributed by atoms with Gasteiger partial charge in [0.15, 0.2) is 0 Å². The minimum atomic E-state index is -0.550. The summed E-state index contributed by atoms with van der Waals surface area (Å²) in [7, 11) is 1.57. The van der Waals surface area contributed by atoms with Crippen LogP contribution in [0.25, 0.3) is 10.9 Å². The lowest BCUT2D eigenvalue weighted by Gasteiger charge is -2.26. The van der Waals surface area contributed by atoms with Crippen LogP contribution in [0.1, 0.15) is 26.3 Å². The molecule has 0 bridgehead atoms. The van der Waals surface area contributed by atoms with E-state index in [1.807, 2.05) is 51.2 Å². The van der Waals surface area contributed by atoms with Crippen LogP contribution in [0.4, 0.5) is 4.79 Å². The van der Waals surface area contributed by atoms with E-state index in [-0.39, 0.29) is 12.9 Å². The van der Waals surface area contributed by atoms with Gasteiger partial charge in [-0.25, -0.2) is 4.79 Å². The topological polar surface area (TPSA) is 52.9 Å². The van der Waals surface area contributed by atoms with Crippen molar-refractivity contribution in [3.63, 3.8) is 0 Å². The molecule has 0 atom stereocenters. The van der Waals surface area contributed by atoms with Gasteiger partial charge < -0.3 is 19.2 Å². The Bertz CT molecular complexity index is 731. The summed E-state index contributed by atoms with van der Waals surface area (Å²) in [6, 6.07) is 7.85. The highest BCUT2D eigenvalue weighted by Gasteiger charge is 2.23. The number of para-hydroxylation sites is 1. The Balaban J connectivity index is 2.29. The number of carbonyl (C=O) groups is 1. The molecule has 2 rings (SSSR count). The van der Waals surface area contributed by atoms with E-state index in [1.165, 1.54) is 0 Å². The minimum Gasteiger partial charge on any atom is -0.444 e. The molecule has 0 saturated heterocycles. The van der Waals surface area contributed by atoms with Gasteiger partial charge in [0.25, 0.3) is 0 Å². The molecule has 2 aromatic rings. The highest BCUT2D eigenvalue weighted by atomic mass is 16.8. The van der Waals surface area contributed by atoms with Crippen molar-refractivity contribution in [1.82, 2.24) is 9.63 Å². The Morgan fingerprint density at radius 1 is 1.32 bits per heavy atom. The third-order valence-corrected chi connectivity index (χ3v) is 3.43. The van der Waals surface area contributed by atoms with Crippen molar-refractivity contribution < 1.29 is 19.1 Å². The van der Waals surface area contributed by atoms with E-state index in [0.29, 0.717) is 13.1 Å². The molecule has 25 heavy (non-hydrogen) atoms. The second-order valence-electron chi connectivity index (χ2n) is 6.68. The molecule has 0 N–H and O–H groups in total. The number of ether oxygens (including phenoxy) is 2. The van der Waals surface area contributed by atoms with Crippen LogP contribution in [-0.4, -0.2) is 41.8 Å². The van der Waals surface area contributed by atoms with Crippen LogP contribution in [0, 0.1) is 0 Å². The van der Waals surface area contributed by atoms with Crippen molar-refractivity contribution in [1.29, 1.82) is 0 Å². The molecular formula is C19H26N2O4. The zero-order chi connectivity index (χ0) is 18.4. The van der Waals surface area contributed by atoms with Crippen LogP contribution >= 0.6 is 0 Å². The molecule has 1 heterocycles. The fraction of sp³-hybridized carbons (Fsp3) is 0.421. The quantitative estimate of drug-likeness (QED) is 0.568. The molecule has 6 nitrogen and oxygen atoms in total. The summed E-state index contributed by atoms with van der Waals surface area (Å²) in [5.41, 5.74) is 1.32. The van der Waals surface area contributed by atoms with Crippen LogP contribution in [0.15, 0.2) is 43.1 Å². The molecule has 0 spiro atoms. The fourth-order valence-corrected chi connectivity index (χ4v) is 2.45. The number of carbonyl (C=O) groups excluding carboxylic acids is 1. The summed E-state index contributed by atoms with van der Waals surface area (Å²) in [5, 5.41) is 1.01. The number of aromatic nitrogens is 1. The summed E-state index contributed by atoms with van der Waals surface area (Å²) in [5.74, 6) is 0. The molecule has 0 radical (unpaired) electrons. The zero-order valence-corrected chi connectivity index (χ0v) is 15.3. The molecule has 0 aliphatic heterocycles. The van der Waals surface area contributed by atoms with Gasteiger partial charge in [-0.1, -0.05) is 24.3 Å². The summed E-state index contributed by atoms with van der Waals surface area (Å²) < 4.78 is 12.1. The van der Waals surface area contributed by atoms with E-state index in [0.717, 1.165) is 16.5 Å². The van der Waals surface area contributed by atoms with Gasteiger partial charge in [-0.2, -0.15) is 4.73 Å². The highest BCUT2D eigenvalue weighted by molar-refractivity contribution is 5.84. The van der Waals surface area contributed by atoms with Crippen LogP contribution in [0.2, 0.25) is 0 Å². The molecular weight excluding hydrogens is 320 g/mol. The van der Waals surface area contributed by atoms with Crippen molar-refractivity contribution in [2.75, 3.05) is 20.4 Å². The van der Waals surface area contributed by atoms with E-state index in [9.17, 15) is 4.79 Å². The average molecular weight is 346 g/mol. The lowest BCUT2D eigenvalue weighted by atomic mass is 10.1. The van der Waals surface area contributed by atoms with Gasteiger partial charge in [-0.3, -0.25) is 0 Å². The van der Waals surface area contributed by atoms with Gasteiger partial charge in [0.05, 0.1) is 12.1 Å². The number of methoxy groups -OCH3 is 1. The Morgan fingerprint density at radius 2 is 2.04 bits per heavy atom. The molecule has 0 aliphatic carbocycles. The van der Waals surface area contributed by atoms with E-state index in [4.69, 9.17) is 14.3 Å². The SMILES string of the molecule is C=CCN(Cc1cn(OCOC)c2ccccc12)C(=O)OC(C)(C)C. The first-order chi connectivity index (χ1) is 11.9. The van der Waals surface area contributed by atoms with Crippen LogP contribution in [0.3, 0.4) is 0 Å². The van der Waals surface area contributed by atoms with Crippen LogP contribution in [-0.2, 0) is 16.0 Å². The third-order valence-electron chi connectivity index (χ3n) is 3.43. The van der Waals surface area contributed by atoms with Crippen molar-refractivity contribution >= 4 is 17.0 Å². The van der Waals surface area contributed by atoms with Gasteiger partial charge in [0.1, 0.15) is 5.60 Å². The molecule has 1 amide bonds. The number of nitrogens with zero attached hydrogens (tertiary/aromatic N) is 2. The largest absolute Gasteiger partial charge is 0.444 e. The van der Waals surface area contributed by atoms with Gasteiger partial charge in [0, 0.05) is 30.8 Å². The minimum absolute atomic E-state index is 0.139. The van der Waals surface area contributed by atoms with Crippen molar-refractivity contribution in [3.8, 4) is 0 Å². The molecule has 1 aromatic heterocycles. The van der Waals surface area contributed by atoms with Crippen molar-refractivity contribution in [3.05, 3.63) is 48.7 Å². The predicted octanol–water partition coefficient (Wildman–Crippen LogP) is 3.60. The Labute approximate surface area is 148 Å². The number of fused-ring (bicyclic) bond motifs is 1. The lowest BCUT2D eigenvalue weighted by Crippen LogP contribution is -2.36. The van der Waals surface area contributed by atoms with Gasteiger partial charge in [-0.05, 0) is 26.8 Å². The van der Waals surface area contributed by atoms with E-state index in [1.54, 1.807) is 22.8 Å². The molecule has 1 aromatic carbocycles. The van der Waals surface area contributed by atoms with Crippen LogP contribution < -0.4 is 4.84 Å². The number of hydrogen-bond acceptors (Lipinski definition) is 4.